The van der Waals surface area contributed by atoms with Crippen LogP contribution in [0.15, 0.2) is 29.6 Å². The molecule has 9 heteroatoms. The number of rotatable bonds is 4. The molecule has 0 fully saturated rings. The summed E-state index contributed by atoms with van der Waals surface area (Å²) < 4.78 is 12.1. The summed E-state index contributed by atoms with van der Waals surface area (Å²) in [6.45, 7) is 0. The maximum atomic E-state index is 12.8. The first-order valence-electron chi connectivity index (χ1n) is 8.81. The van der Waals surface area contributed by atoms with E-state index < -0.39 is 11.9 Å². The minimum Gasteiger partial charge on any atom is -0.502 e. The van der Waals surface area contributed by atoms with Gasteiger partial charge in [0.25, 0.3) is 5.91 Å². The molecule has 2 aliphatic rings. The lowest BCUT2D eigenvalue weighted by atomic mass is 9.85. The highest BCUT2D eigenvalue weighted by atomic mass is 16.5. The van der Waals surface area contributed by atoms with E-state index in [0.717, 1.165) is 12.1 Å². The van der Waals surface area contributed by atoms with E-state index in [0.29, 0.717) is 29.8 Å². The maximum Gasteiger partial charge on any atom is 0.254 e. The smallest absolute Gasteiger partial charge is 0.254 e. The average Bonchev–Trinajstić information content (AvgIpc) is 3.10. The Morgan fingerprint density at radius 3 is 2.57 bits per heavy atom. The molecule has 1 unspecified atom stereocenters. The second-order valence-corrected chi connectivity index (χ2v) is 6.69. The number of allylic oxidation sites excluding steroid dienone is 2. The highest BCUT2D eigenvalue weighted by Crippen LogP contribution is 2.45. The van der Waals surface area contributed by atoms with Crippen LogP contribution in [0.5, 0.6) is 17.2 Å². The molecule has 0 saturated carbocycles. The van der Waals surface area contributed by atoms with Crippen molar-refractivity contribution in [2.75, 3.05) is 19.5 Å². The fourth-order valence-electron chi connectivity index (χ4n) is 3.82. The number of ketones is 1. The van der Waals surface area contributed by atoms with E-state index in [9.17, 15) is 14.7 Å². The summed E-state index contributed by atoms with van der Waals surface area (Å²) in [6.07, 6.45) is 3.21. The zero-order valence-corrected chi connectivity index (χ0v) is 15.5. The molecule has 2 aromatic rings. The number of carbonyl (C=O) groups is 2. The number of amides is 1. The Bertz CT molecular complexity index is 998. The Balaban J connectivity index is 1.97. The summed E-state index contributed by atoms with van der Waals surface area (Å²) in [4.78, 5) is 24.6. The monoisotopic (exact) mass is 384 g/mol. The number of benzene rings is 1. The molecular weight excluding hydrogens is 364 g/mol. The van der Waals surface area contributed by atoms with Crippen LogP contribution < -0.4 is 20.5 Å². The molecule has 4 rings (SSSR count). The van der Waals surface area contributed by atoms with Crippen LogP contribution in [0.1, 0.15) is 41.2 Å². The Morgan fingerprint density at radius 2 is 1.96 bits per heavy atom. The Kier molecular flexibility index (Phi) is 4.21. The summed E-state index contributed by atoms with van der Waals surface area (Å²) in [5.41, 5.74) is 7.69. The van der Waals surface area contributed by atoms with Gasteiger partial charge in [-0.25, -0.2) is 4.68 Å². The van der Waals surface area contributed by atoms with Crippen LogP contribution in [0.4, 0.5) is 5.82 Å². The summed E-state index contributed by atoms with van der Waals surface area (Å²) in [6, 6.07) is 2.67. The fourth-order valence-corrected chi connectivity index (χ4v) is 3.82. The van der Waals surface area contributed by atoms with Gasteiger partial charge in [-0.3, -0.25) is 9.59 Å². The molecule has 0 bridgehead atoms. The second-order valence-electron chi connectivity index (χ2n) is 6.69. The normalized spacial score (nSPS) is 18.2. The third-order valence-corrected chi connectivity index (χ3v) is 5.12. The van der Waals surface area contributed by atoms with Gasteiger partial charge in [0.15, 0.2) is 17.3 Å². The Labute approximate surface area is 160 Å². The van der Waals surface area contributed by atoms with Crippen molar-refractivity contribution in [1.82, 2.24) is 9.78 Å². The van der Waals surface area contributed by atoms with Crippen LogP contribution in [-0.2, 0) is 4.79 Å². The van der Waals surface area contributed by atoms with Crippen molar-refractivity contribution in [1.29, 1.82) is 0 Å². The van der Waals surface area contributed by atoms with Crippen molar-refractivity contribution < 1.29 is 24.2 Å². The predicted molar refractivity (Wildman–Crippen MR) is 99.6 cm³/mol. The lowest BCUT2D eigenvalue weighted by molar-refractivity contribution is -0.116. The number of methoxy groups -OCH3 is 2. The number of nitrogens with zero attached hydrogens (tertiary/aromatic N) is 2. The number of Topliss-reactive ketones (excluding diaryl/α,β-unsaturated/α-hetero) is 1. The first-order valence-corrected chi connectivity index (χ1v) is 8.81. The minimum absolute atomic E-state index is 0.00605. The number of carbonyl (C=O) groups excluding carboxylic acids is 2. The lowest BCUT2D eigenvalue weighted by Crippen LogP contribution is -2.32. The zero-order chi connectivity index (χ0) is 20.0. The van der Waals surface area contributed by atoms with Gasteiger partial charge in [-0.1, -0.05) is 0 Å². The molecule has 1 aliphatic heterocycles. The van der Waals surface area contributed by atoms with Crippen LogP contribution in [0, 0.1) is 0 Å². The maximum absolute atomic E-state index is 12.8. The van der Waals surface area contributed by atoms with E-state index in [4.69, 9.17) is 15.2 Å². The van der Waals surface area contributed by atoms with Crippen LogP contribution in [0.2, 0.25) is 0 Å². The molecule has 0 saturated heterocycles. The number of anilines is 1. The fraction of sp³-hybridized carbons (Fsp3) is 0.316. The molecule has 1 atom stereocenters. The van der Waals surface area contributed by atoms with Crippen LogP contribution in [0.25, 0.3) is 0 Å². The van der Waals surface area contributed by atoms with Crippen molar-refractivity contribution in [3.8, 4) is 17.2 Å². The molecule has 0 radical (unpaired) electrons. The SMILES string of the molecule is COc1cc(C2C3=C(CCCC3=O)Nc3c(C(N)=O)cnn32)cc(OC)c1O. The van der Waals surface area contributed by atoms with E-state index in [2.05, 4.69) is 10.4 Å². The number of ether oxygens (including phenoxy) is 2. The number of phenolic OH excluding ortho intramolecular Hbond substituents is 1. The summed E-state index contributed by atoms with van der Waals surface area (Å²) in [5, 5.41) is 17.7. The van der Waals surface area contributed by atoms with Gasteiger partial charge in [-0.15, -0.1) is 0 Å². The summed E-state index contributed by atoms with van der Waals surface area (Å²) in [5.74, 6) is 0.123. The first-order chi connectivity index (χ1) is 13.5. The van der Waals surface area contributed by atoms with Gasteiger partial charge in [-0.05, 0) is 30.5 Å². The van der Waals surface area contributed by atoms with Crippen LogP contribution in [0.3, 0.4) is 0 Å². The zero-order valence-electron chi connectivity index (χ0n) is 15.5. The third kappa shape index (κ3) is 2.58. The van der Waals surface area contributed by atoms with Crippen molar-refractivity contribution in [2.24, 2.45) is 5.73 Å². The number of aromatic hydroxyl groups is 1. The van der Waals surface area contributed by atoms with E-state index in [1.54, 1.807) is 16.8 Å². The number of fused-ring (bicyclic) bond motifs is 1. The number of hydrogen-bond donors (Lipinski definition) is 3. The topological polar surface area (TPSA) is 129 Å². The second kappa shape index (κ2) is 6.59. The van der Waals surface area contributed by atoms with Gasteiger partial charge in [-0.2, -0.15) is 5.10 Å². The lowest BCUT2D eigenvalue weighted by Gasteiger charge is -2.33. The Hall–Kier alpha value is -3.49. The molecule has 1 aliphatic carbocycles. The number of phenols is 1. The average molecular weight is 384 g/mol. The number of nitrogens with one attached hydrogen (secondary N) is 1. The molecule has 1 amide bonds. The van der Waals surface area contributed by atoms with Gasteiger partial charge < -0.3 is 25.6 Å². The quantitative estimate of drug-likeness (QED) is 0.732. The molecule has 1 aromatic heterocycles. The molecular formula is C19H20N4O5. The van der Waals surface area contributed by atoms with Crippen LogP contribution >= 0.6 is 0 Å². The van der Waals surface area contributed by atoms with Crippen molar-refractivity contribution in [3.05, 3.63) is 40.7 Å². The highest BCUT2D eigenvalue weighted by molar-refractivity contribution is 6.02. The molecule has 28 heavy (non-hydrogen) atoms. The Morgan fingerprint density at radius 1 is 1.29 bits per heavy atom. The third-order valence-electron chi connectivity index (χ3n) is 5.12. The number of primary amides is 1. The van der Waals surface area contributed by atoms with Crippen LogP contribution in [-0.4, -0.2) is 40.8 Å². The number of nitrogens with two attached hydrogens (primary N) is 1. The molecule has 4 N–H and O–H groups in total. The van der Waals surface area contributed by atoms with E-state index in [-0.39, 0.29) is 28.6 Å². The number of aromatic nitrogens is 2. The minimum atomic E-state index is -0.612. The molecule has 146 valence electrons. The first kappa shape index (κ1) is 17.9. The standard InChI is InChI=1S/C19H20N4O5/c1-27-13-6-9(7-14(28-2)17(13)25)16-15-11(4-3-5-12(15)24)22-19-10(18(20)26)8-21-23(16)19/h6-8,16,22,25H,3-5H2,1-2H3,(H2,20,26). The summed E-state index contributed by atoms with van der Waals surface area (Å²) in [7, 11) is 2.86. The number of hydrogen-bond acceptors (Lipinski definition) is 7. The van der Waals surface area contributed by atoms with E-state index >= 15 is 0 Å². The van der Waals surface area contributed by atoms with Gasteiger partial charge in [0.05, 0.1) is 20.4 Å². The van der Waals surface area contributed by atoms with Crippen molar-refractivity contribution in [3.63, 3.8) is 0 Å². The van der Waals surface area contributed by atoms with Gasteiger partial charge in [0.1, 0.15) is 17.4 Å². The van der Waals surface area contributed by atoms with Gasteiger partial charge in [0, 0.05) is 17.7 Å². The van der Waals surface area contributed by atoms with E-state index in [1.165, 1.54) is 20.4 Å². The van der Waals surface area contributed by atoms with Gasteiger partial charge >= 0.3 is 0 Å². The predicted octanol–water partition coefficient (Wildman–Crippen LogP) is 1.73. The van der Waals surface area contributed by atoms with Crippen molar-refractivity contribution >= 4 is 17.5 Å². The largest absolute Gasteiger partial charge is 0.502 e. The highest BCUT2D eigenvalue weighted by Gasteiger charge is 2.38. The molecule has 9 nitrogen and oxygen atoms in total. The molecule has 0 spiro atoms. The molecule has 2 heterocycles. The van der Waals surface area contributed by atoms with E-state index in [1.807, 2.05) is 0 Å². The molecule has 1 aromatic carbocycles. The summed E-state index contributed by atoms with van der Waals surface area (Å²) >= 11 is 0. The van der Waals surface area contributed by atoms with Crippen molar-refractivity contribution in [2.45, 2.75) is 25.3 Å². The van der Waals surface area contributed by atoms with Gasteiger partial charge in [0.2, 0.25) is 5.75 Å².